The van der Waals surface area contributed by atoms with Gasteiger partial charge in [0.25, 0.3) is 0 Å². The fourth-order valence-corrected chi connectivity index (χ4v) is 0.952. The van der Waals surface area contributed by atoms with Gasteiger partial charge < -0.3 is 0 Å². The number of benzene rings is 1. The zero-order valence-corrected chi connectivity index (χ0v) is 6.94. The van der Waals surface area contributed by atoms with E-state index in [0.29, 0.717) is 16.9 Å². The summed E-state index contributed by atoms with van der Waals surface area (Å²) in [5, 5.41) is 0. The highest BCUT2D eigenvalue weighted by atomic mass is 16.1. The summed E-state index contributed by atoms with van der Waals surface area (Å²) in [4.78, 5) is 26.9. The van der Waals surface area contributed by atoms with Crippen molar-refractivity contribution in [3.8, 4) is 0 Å². The molecule has 13 heavy (non-hydrogen) atoms. The Balaban J connectivity index is 3.33. The van der Waals surface area contributed by atoms with E-state index in [1.807, 2.05) is 0 Å². The lowest BCUT2D eigenvalue weighted by Crippen LogP contribution is -1.88. The molecule has 0 aromatic heterocycles. The van der Waals surface area contributed by atoms with Crippen LogP contribution in [0.4, 0.5) is 11.4 Å². The Morgan fingerprint density at radius 1 is 1.08 bits per heavy atom. The molecule has 2 radical (unpaired) electrons. The fraction of sp³-hybridized carbons (Fsp3) is 0.111. The van der Waals surface area contributed by atoms with Crippen molar-refractivity contribution in [3.05, 3.63) is 23.8 Å². The van der Waals surface area contributed by atoms with E-state index in [0.717, 1.165) is 0 Å². The molecule has 4 nitrogen and oxygen atoms in total. The van der Waals surface area contributed by atoms with Crippen LogP contribution in [0.2, 0.25) is 0 Å². The predicted molar refractivity (Wildman–Crippen MR) is 46.2 cm³/mol. The Morgan fingerprint density at radius 3 is 1.92 bits per heavy atom. The number of rotatable bonds is 2. The Hall–Kier alpha value is -2.02. The van der Waals surface area contributed by atoms with E-state index < -0.39 is 0 Å². The van der Waals surface area contributed by atoms with Crippen LogP contribution in [-0.2, 0) is 9.59 Å². The van der Waals surface area contributed by atoms with Crippen molar-refractivity contribution in [3.63, 3.8) is 0 Å². The van der Waals surface area contributed by atoms with Crippen molar-refractivity contribution in [1.82, 2.24) is 9.98 Å². The second kappa shape index (κ2) is 4.12. The number of hydrogen-bond donors (Lipinski definition) is 0. The van der Waals surface area contributed by atoms with Crippen molar-refractivity contribution in [2.75, 3.05) is 0 Å². The zero-order chi connectivity index (χ0) is 9.68. The molecule has 0 amide bonds. The third kappa shape index (κ3) is 1.97. The lowest BCUT2D eigenvalue weighted by molar-refractivity contribution is 0.562. The van der Waals surface area contributed by atoms with Gasteiger partial charge in [0.15, 0.2) is 9.98 Å². The summed E-state index contributed by atoms with van der Waals surface area (Å²) in [6, 6.07) is 4.94. The average Bonchev–Trinajstić information content (AvgIpc) is 2.13. The van der Waals surface area contributed by atoms with Crippen molar-refractivity contribution in [2.45, 2.75) is 6.92 Å². The minimum absolute atomic E-state index is 0.464. The zero-order valence-electron chi connectivity index (χ0n) is 6.94. The van der Waals surface area contributed by atoms with E-state index >= 15 is 0 Å². The summed E-state index contributed by atoms with van der Waals surface area (Å²) in [6.45, 7) is 1.71. The summed E-state index contributed by atoms with van der Waals surface area (Å²) in [7, 11) is 0. The molecule has 0 atom stereocenters. The molecule has 0 saturated carbocycles. The molecule has 0 unspecified atom stereocenters. The topological polar surface area (TPSA) is 62.3 Å². The molecule has 0 fully saturated rings. The van der Waals surface area contributed by atoms with Crippen LogP contribution in [0, 0.1) is 6.92 Å². The van der Waals surface area contributed by atoms with Crippen molar-refractivity contribution in [1.29, 1.82) is 0 Å². The quantitative estimate of drug-likeness (QED) is 0.487. The van der Waals surface area contributed by atoms with Gasteiger partial charge in [-0.15, -0.1) is 0 Å². The number of hydrogen-bond acceptors (Lipinski definition) is 4. The highest BCUT2D eigenvalue weighted by molar-refractivity contribution is 5.62. The van der Waals surface area contributed by atoms with Gasteiger partial charge in [0.2, 0.25) is 0 Å². The van der Waals surface area contributed by atoms with Crippen LogP contribution < -0.4 is 9.98 Å². The van der Waals surface area contributed by atoms with Crippen LogP contribution in [0.1, 0.15) is 5.56 Å². The summed E-state index contributed by atoms with van der Waals surface area (Å²) in [5.41, 5.74) is 1.59. The molecular weight excluding hydrogens is 168 g/mol. The van der Waals surface area contributed by atoms with Gasteiger partial charge in [0, 0.05) is 12.1 Å². The summed E-state index contributed by atoms with van der Waals surface area (Å²) in [6.07, 6.45) is 2.86. The first-order valence-electron chi connectivity index (χ1n) is 3.55. The Bertz CT molecular complexity index is 377. The molecule has 0 heterocycles. The first-order chi connectivity index (χ1) is 6.29. The number of carbonyl (C=O) groups excluding carboxylic acids is 2. The molecule has 0 aliphatic carbocycles. The van der Waals surface area contributed by atoms with Gasteiger partial charge in [-0.1, -0.05) is 0 Å². The van der Waals surface area contributed by atoms with E-state index in [-0.39, 0.29) is 0 Å². The SMILES string of the molecule is Cc1c([N+]=C=O)cccc1[N+]=C=O. The van der Waals surface area contributed by atoms with E-state index in [9.17, 15) is 9.59 Å². The van der Waals surface area contributed by atoms with Crippen LogP contribution in [0.15, 0.2) is 18.2 Å². The molecule has 1 aromatic rings. The van der Waals surface area contributed by atoms with Gasteiger partial charge in [-0.3, -0.25) is 0 Å². The van der Waals surface area contributed by atoms with Crippen molar-refractivity contribution < 1.29 is 9.59 Å². The van der Waals surface area contributed by atoms with Gasteiger partial charge in [-0.2, -0.15) is 9.59 Å². The van der Waals surface area contributed by atoms with Crippen LogP contribution in [-0.4, -0.2) is 12.2 Å². The van der Waals surface area contributed by atoms with E-state index in [1.165, 1.54) is 12.2 Å². The molecule has 0 bridgehead atoms. The second-order valence-corrected chi connectivity index (χ2v) is 2.33. The van der Waals surface area contributed by atoms with Gasteiger partial charge in [-0.25, -0.2) is 0 Å². The van der Waals surface area contributed by atoms with Crippen LogP contribution in [0.5, 0.6) is 0 Å². The van der Waals surface area contributed by atoms with Crippen LogP contribution in [0.3, 0.4) is 0 Å². The molecule has 1 rings (SSSR count). The Labute approximate surface area is 74.6 Å². The molecule has 0 spiro atoms. The standard InChI is InChI=1S/C9H6N2O2/c1-7-8(10-5-12)3-2-4-9(7)11-6-13/h2-4H,1H3/q+2. The van der Waals surface area contributed by atoms with Crippen LogP contribution in [0.25, 0.3) is 0 Å². The lowest BCUT2D eigenvalue weighted by atomic mass is 10.1. The van der Waals surface area contributed by atoms with E-state index in [2.05, 4.69) is 9.98 Å². The molecule has 0 N–H and O–H groups in total. The number of nitrogens with zero attached hydrogens (tertiary/aromatic N) is 2. The fourth-order valence-electron chi connectivity index (χ4n) is 0.952. The van der Waals surface area contributed by atoms with Crippen molar-refractivity contribution >= 4 is 23.5 Å². The maximum absolute atomic E-state index is 10.00. The molecule has 62 valence electrons. The smallest absolute Gasteiger partial charge is 0.154 e. The minimum Gasteiger partial charge on any atom is -0.154 e. The van der Waals surface area contributed by atoms with Gasteiger partial charge >= 0.3 is 23.5 Å². The summed E-state index contributed by atoms with van der Waals surface area (Å²) < 4.78 is 0. The molecule has 0 aliphatic rings. The lowest BCUT2D eigenvalue weighted by Gasteiger charge is -1.83. The van der Waals surface area contributed by atoms with Crippen molar-refractivity contribution in [2.24, 2.45) is 0 Å². The molecule has 4 heteroatoms. The average molecular weight is 174 g/mol. The highest BCUT2D eigenvalue weighted by Crippen LogP contribution is 2.20. The van der Waals surface area contributed by atoms with Gasteiger partial charge in [-0.05, 0) is 13.0 Å². The molecular formula is C9H6N2O2+2. The first kappa shape index (κ1) is 9.07. The van der Waals surface area contributed by atoms with Crippen LogP contribution >= 0.6 is 0 Å². The summed E-state index contributed by atoms with van der Waals surface area (Å²) in [5.74, 6) is 0. The Kier molecular flexibility index (Phi) is 2.87. The molecule has 1 aromatic carbocycles. The molecule has 0 saturated heterocycles. The number of aliphatic imine (C=N–C) groups is 2. The largest absolute Gasteiger partial charge is 0.504 e. The normalized spacial score (nSPS) is 8.38. The van der Waals surface area contributed by atoms with Gasteiger partial charge in [0.1, 0.15) is 5.56 Å². The van der Waals surface area contributed by atoms with E-state index in [4.69, 9.17) is 0 Å². The minimum atomic E-state index is 0.464. The monoisotopic (exact) mass is 174 g/mol. The maximum atomic E-state index is 10.00. The molecule has 0 aliphatic heterocycles. The van der Waals surface area contributed by atoms with E-state index in [1.54, 1.807) is 25.1 Å². The predicted octanol–water partition coefficient (Wildman–Crippen LogP) is 0.601. The maximum Gasteiger partial charge on any atom is 0.504 e. The highest BCUT2D eigenvalue weighted by Gasteiger charge is 2.18. The Morgan fingerprint density at radius 2 is 1.54 bits per heavy atom. The third-order valence-electron chi connectivity index (χ3n) is 1.61. The number of isocyanates is 2. The second-order valence-electron chi connectivity index (χ2n) is 2.33. The first-order valence-corrected chi connectivity index (χ1v) is 3.55. The van der Waals surface area contributed by atoms with Gasteiger partial charge in [0.05, 0.1) is 0 Å². The third-order valence-corrected chi connectivity index (χ3v) is 1.61. The summed E-state index contributed by atoms with van der Waals surface area (Å²) >= 11 is 0.